The molecule has 0 unspecified atom stereocenters. The number of benzene rings is 2. The molecule has 2 N–H and O–H groups in total. The highest BCUT2D eigenvalue weighted by atomic mass is 16.5. The summed E-state index contributed by atoms with van der Waals surface area (Å²) in [6.07, 6.45) is 0. The Labute approximate surface area is 128 Å². The van der Waals surface area contributed by atoms with Crippen LogP contribution in [-0.2, 0) is 0 Å². The fourth-order valence-electron chi connectivity index (χ4n) is 1.95. The van der Waals surface area contributed by atoms with E-state index in [0.29, 0.717) is 11.5 Å². The lowest BCUT2D eigenvalue weighted by molar-refractivity contribution is 0.0734. The van der Waals surface area contributed by atoms with Crippen molar-refractivity contribution in [2.45, 2.75) is 19.8 Å². The summed E-state index contributed by atoms with van der Waals surface area (Å²) in [4.78, 5) is 12.1. The first-order valence-corrected chi connectivity index (χ1v) is 6.84. The number of carbonyl (C=O) groups excluding carboxylic acids is 1. The lowest BCUT2D eigenvalue weighted by Crippen LogP contribution is -2.08. The van der Waals surface area contributed by atoms with Crippen LogP contribution in [0.3, 0.4) is 0 Å². The molecule has 116 valence electrons. The Morgan fingerprint density at radius 3 is 2.27 bits per heavy atom. The second-order valence-electron chi connectivity index (χ2n) is 5.16. The molecule has 0 amide bonds. The largest absolute Gasteiger partial charge is 0.504 e. The molecular formula is C17H18O5. The van der Waals surface area contributed by atoms with Crippen molar-refractivity contribution < 1.29 is 24.5 Å². The van der Waals surface area contributed by atoms with Crippen molar-refractivity contribution in [1.82, 2.24) is 0 Å². The molecule has 0 saturated heterocycles. The van der Waals surface area contributed by atoms with E-state index in [9.17, 15) is 15.0 Å². The minimum Gasteiger partial charge on any atom is -0.504 e. The Morgan fingerprint density at radius 2 is 1.73 bits per heavy atom. The van der Waals surface area contributed by atoms with Gasteiger partial charge in [0.2, 0.25) is 5.75 Å². The van der Waals surface area contributed by atoms with Gasteiger partial charge in [0, 0.05) is 12.1 Å². The zero-order valence-electron chi connectivity index (χ0n) is 12.7. The zero-order chi connectivity index (χ0) is 16.3. The first kappa shape index (κ1) is 15.7. The van der Waals surface area contributed by atoms with E-state index >= 15 is 0 Å². The van der Waals surface area contributed by atoms with Gasteiger partial charge in [0.25, 0.3) is 0 Å². The van der Waals surface area contributed by atoms with Crippen LogP contribution in [0.4, 0.5) is 0 Å². The summed E-state index contributed by atoms with van der Waals surface area (Å²) in [6, 6.07) is 9.60. The third-order valence-electron chi connectivity index (χ3n) is 3.27. The number of ether oxygens (including phenoxy) is 2. The van der Waals surface area contributed by atoms with Gasteiger partial charge in [-0.1, -0.05) is 26.0 Å². The van der Waals surface area contributed by atoms with Crippen LogP contribution in [0.1, 0.15) is 35.7 Å². The maximum atomic E-state index is 12.1. The molecule has 0 aliphatic rings. The van der Waals surface area contributed by atoms with Gasteiger partial charge in [-0.05, 0) is 23.6 Å². The number of rotatable bonds is 4. The van der Waals surface area contributed by atoms with E-state index < -0.39 is 17.5 Å². The Bertz CT molecular complexity index is 674. The van der Waals surface area contributed by atoms with Gasteiger partial charge < -0.3 is 19.7 Å². The molecule has 5 heteroatoms. The number of carbonyl (C=O) groups is 1. The Morgan fingerprint density at radius 1 is 1.09 bits per heavy atom. The molecule has 0 heterocycles. The van der Waals surface area contributed by atoms with Gasteiger partial charge in [-0.3, -0.25) is 0 Å². The zero-order valence-corrected chi connectivity index (χ0v) is 12.7. The first-order valence-electron chi connectivity index (χ1n) is 6.84. The average Bonchev–Trinajstić information content (AvgIpc) is 2.50. The molecule has 0 spiro atoms. The molecule has 0 radical (unpaired) electrons. The molecule has 2 aromatic carbocycles. The van der Waals surface area contributed by atoms with Crippen molar-refractivity contribution >= 4 is 5.97 Å². The summed E-state index contributed by atoms with van der Waals surface area (Å²) in [5.41, 5.74) is 1.52. The molecular weight excluding hydrogens is 284 g/mol. The number of hydrogen-bond acceptors (Lipinski definition) is 5. The van der Waals surface area contributed by atoms with Crippen LogP contribution in [0.2, 0.25) is 0 Å². The predicted octanol–water partition coefficient (Wildman–Crippen LogP) is 3.45. The summed E-state index contributed by atoms with van der Waals surface area (Å²) < 4.78 is 10.1. The second kappa shape index (κ2) is 6.39. The van der Waals surface area contributed by atoms with E-state index in [4.69, 9.17) is 9.47 Å². The number of phenolic OH excluding ortho intramolecular Hbond substituents is 2. The van der Waals surface area contributed by atoms with E-state index in [-0.39, 0.29) is 11.5 Å². The summed E-state index contributed by atoms with van der Waals surface area (Å²) in [7, 11) is 1.34. The predicted molar refractivity (Wildman–Crippen MR) is 81.8 cm³/mol. The van der Waals surface area contributed by atoms with Gasteiger partial charge in [0.15, 0.2) is 11.5 Å². The van der Waals surface area contributed by atoms with Crippen LogP contribution < -0.4 is 9.47 Å². The minimum atomic E-state index is -0.553. The molecule has 22 heavy (non-hydrogen) atoms. The Kier molecular flexibility index (Phi) is 4.56. The summed E-state index contributed by atoms with van der Waals surface area (Å²) in [5.74, 6) is -0.880. The summed E-state index contributed by atoms with van der Waals surface area (Å²) in [6.45, 7) is 4.14. The molecule has 0 aliphatic carbocycles. The number of esters is 1. The normalized spacial score (nSPS) is 10.5. The second-order valence-corrected chi connectivity index (χ2v) is 5.16. The first-order chi connectivity index (χ1) is 10.4. The summed E-state index contributed by atoms with van der Waals surface area (Å²) in [5, 5.41) is 19.1. The monoisotopic (exact) mass is 302 g/mol. The van der Waals surface area contributed by atoms with Crippen molar-refractivity contribution in [3.05, 3.63) is 47.5 Å². The van der Waals surface area contributed by atoms with Crippen LogP contribution in [0, 0.1) is 0 Å². The van der Waals surface area contributed by atoms with E-state index in [1.807, 2.05) is 12.1 Å². The van der Waals surface area contributed by atoms with E-state index in [1.54, 1.807) is 12.1 Å². The van der Waals surface area contributed by atoms with Crippen LogP contribution in [0.15, 0.2) is 36.4 Å². The van der Waals surface area contributed by atoms with Gasteiger partial charge in [-0.25, -0.2) is 4.79 Å². The minimum absolute atomic E-state index is 0.0259. The number of phenols is 2. The van der Waals surface area contributed by atoms with Gasteiger partial charge >= 0.3 is 5.97 Å². The molecule has 0 aliphatic heterocycles. The van der Waals surface area contributed by atoms with Crippen molar-refractivity contribution in [3.63, 3.8) is 0 Å². The maximum absolute atomic E-state index is 12.1. The molecule has 0 atom stereocenters. The fraction of sp³-hybridized carbons (Fsp3) is 0.235. The molecule has 2 rings (SSSR count). The van der Waals surface area contributed by atoms with Crippen LogP contribution >= 0.6 is 0 Å². The lowest BCUT2D eigenvalue weighted by atomic mass is 10.0. The highest BCUT2D eigenvalue weighted by Gasteiger charge is 2.14. The lowest BCUT2D eigenvalue weighted by Gasteiger charge is -2.10. The maximum Gasteiger partial charge on any atom is 0.343 e. The van der Waals surface area contributed by atoms with Crippen molar-refractivity contribution in [3.8, 4) is 23.0 Å². The number of methoxy groups -OCH3 is 1. The van der Waals surface area contributed by atoms with Crippen molar-refractivity contribution in [1.29, 1.82) is 0 Å². The van der Waals surface area contributed by atoms with Gasteiger partial charge in [-0.2, -0.15) is 0 Å². The van der Waals surface area contributed by atoms with Crippen LogP contribution in [0.5, 0.6) is 23.0 Å². The van der Waals surface area contributed by atoms with E-state index in [1.165, 1.54) is 13.2 Å². The number of hydrogen-bond donors (Lipinski definition) is 2. The standard InChI is InChI=1S/C17H18O5/c1-10(2)11-4-6-12(7-5-11)17(20)22-13-8-14(18)16(19)15(9-13)21-3/h4-10,18-19H,1-3H3. The summed E-state index contributed by atoms with van der Waals surface area (Å²) >= 11 is 0. The number of aromatic hydroxyl groups is 2. The average molecular weight is 302 g/mol. The van der Waals surface area contributed by atoms with Crippen molar-refractivity contribution in [2.75, 3.05) is 7.11 Å². The van der Waals surface area contributed by atoms with Gasteiger partial charge in [0.1, 0.15) is 5.75 Å². The molecule has 5 nitrogen and oxygen atoms in total. The van der Waals surface area contributed by atoms with Gasteiger partial charge in [0.05, 0.1) is 12.7 Å². The highest BCUT2D eigenvalue weighted by molar-refractivity contribution is 5.91. The highest BCUT2D eigenvalue weighted by Crippen LogP contribution is 2.39. The van der Waals surface area contributed by atoms with E-state index in [0.717, 1.165) is 11.6 Å². The van der Waals surface area contributed by atoms with Crippen molar-refractivity contribution in [2.24, 2.45) is 0 Å². The van der Waals surface area contributed by atoms with E-state index in [2.05, 4.69) is 13.8 Å². The molecule has 0 aromatic heterocycles. The molecule has 2 aromatic rings. The topological polar surface area (TPSA) is 76.0 Å². The smallest absolute Gasteiger partial charge is 0.343 e. The van der Waals surface area contributed by atoms with Crippen LogP contribution in [0.25, 0.3) is 0 Å². The quantitative estimate of drug-likeness (QED) is 0.514. The van der Waals surface area contributed by atoms with Gasteiger partial charge in [-0.15, -0.1) is 0 Å². The Hall–Kier alpha value is -2.69. The van der Waals surface area contributed by atoms with Crippen LogP contribution in [-0.4, -0.2) is 23.3 Å². The molecule has 0 bridgehead atoms. The Balaban J connectivity index is 2.20. The molecule has 0 fully saturated rings. The third-order valence-corrected chi connectivity index (χ3v) is 3.27. The SMILES string of the molecule is COc1cc(OC(=O)c2ccc(C(C)C)cc2)cc(O)c1O. The fourth-order valence-corrected chi connectivity index (χ4v) is 1.95. The third kappa shape index (κ3) is 3.31. The molecule has 0 saturated carbocycles.